The summed E-state index contributed by atoms with van der Waals surface area (Å²) in [5, 5.41) is 23.1. The van der Waals surface area contributed by atoms with E-state index in [-0.39, 0.29) is 11.5 Å². The summed E-state index contributed by atoms with van der Waals surface area (Å²) in [6.07, 6.45) is 1.48. The number of para-hydroxylation sites is 2. The minimum atomic E-state index is -0.0328. The molecule has 1 aromatic heterocycles. The van der Waals surface area contributed by atoms with Crippen LogP contribution in [0.25, 0.3) is 11.0 Å². The second-order valence-electron chi connectivity index (χ2n) is 4.78. The van der Waals surface area contributed by atoms with Crippen LogP contribution in [-0.4, -0.2) is 26.0 Å². The number of phenolic OH excluding ortho intramolecular Hbond substituents is 2. The van der Waals surface area contributed by atoms with Crippen LogP contribution in [0.2, 0.25) is 0 Å². The molecule has 0 aliphatic rings. The van der Waals surface area contributed by atoms with Crippen molar-refractivity contribution in [2.24, 2.45) is 5.10 Å². The van der Waals surface area contributed by atoms with Crippen molar-refractivity contribution < 1.29 is 10.2 Å². The minimum Gasteiger partial charge on any atom is -0.508 e. The van der Waals surface area contributed by atoms with Crippen molar-refractivity contribution in [2.75, 3.05) is 5.43 Å². The number of benzene rings is 2. The van der Waals surface area contributed by atoms with E-state index in [0.29, 0.717) is 11.5 Å². The minimum absolute atomic E-state index is 0.00962. The zero-order valence-corrected chi connectivity index (χ0v) is 12.1. The van der Waals surface area contributed by atoms with Crippen LogP contribution < -0.4 is 5.43 Å². The first kappa shape index (κ1) is 13.9. The van der Waals surface area contributed by atoms with Crippen LogP contribution in [-0.2, 0) is 6.54 Å². The molecule has 3 rings (SSSR count). The Hall–Kier alpha value is -3.02. The maximum atomic E-state index is 9.70. The Morgan fingerprint density at radius 3 is 2.82 bits per heavy atom. The van der Waals surface area contributed by atoms with Crippen LogP contribution in [0.4, 0.5) is 5.95 Å². The summed E-state index contributed by atoms with van der Waals surface area (Å²) in [5.41, 5.74) is 5.33. The Bertz CT molecular complexity index is 839. The summed E-state index contributed by atoms with van der Waals surface area (Å²) in [6.45, 7) is 2.80. The Balaban J connectivity index is 1.85. The molecule has 0 aliphatic carbocycles. The largest absolute Gasteiger partial charge is 0.508 e. The van der Waals surface area contributed by atoms with Crippen molar-refractivity contribution in [1.82, 2.24) is 9.55 Å². The molecule has 3 aromatic rings. The monoisotopic (exact) mass is 296 g/mol. The second-order valence-corrected chi connectivity index (χ2v) is 4.78. The summed E-state index contributed by atoms with van der Waals surface area (Å²) in [4.78, 5) is 4.49. The van der Waals surface area contributed by atoms with E-state index in [2.05, 4.69) is 15.5 Å². The highest BCUT2D eigenvalue weighted by atomic mass is 16.3. The van der Waals surface area contributed by atoms with Gasteiger partial charge in [-0.3, -0.25) is 0 Å². The quantitative estimate of drug-likeness (QED) is 0.510. The third-order valence-corrected chi connectivity index (χ3v) is 3.35. The molecule has 0 aliphatic heterocycles. The molecule has 0 fully saturated rings. The number of nitrogens with one attached hydrogen (secondary N) is 1. The van der Waals surface area contributed by atoms with Gasteiger partial charge in [-0.2, -0.15) is 5.10 Å². The fraction of sp³-hybridized carbons (Fsp3) is 0.125. The van der Waals surface area contributed by atoms with Crippen LogP contribution in [0, 0.1) is 0 Å². The smallest absolute Gasteiger partial charge is 0.224 e. The number of aryl methyl sites for hydroxylation is 1. The lowest BCUT2D eigenvalue weighted by Gasteiger charge is -2.04. The van der Waals surface area contributed by atoms with Crippen LogP contribution in [0.15, 0.2) is 47.6 Å². The molecule has 2 aromatic carbocycles. The van der Waals surface area contributed by atoms with Gasteiger partial charge in [0.1, 0.15) is 11.5 Å². The van der Waals surface area contributed by atoms with E-state index < -0.39 is 0 Å². The third kappa shape index (κ3) is 2.58. The van der Waals surface area contributed by atoms with E-state index in [0.717, 1.165) is 17.6 Å². The molecule has 0 radical (unpaired) electrons. The molecule has 6 heteroatoms. The van der Waals surface area contributed by atoms with Crippen LogP contribution in [0.3, 0.4) is 0 Å². The number of hydrogen-bond acceptors (Lipinski definition) is 5. The SMILES string of the molecule is CCn1c(N/N=C\c2ccc(O)cc2O)nc2ccccc21. The molecule has 0 saturated carbocycles. The fourth-order valence-corrected chi connectivity index (χ4v) is 2.28. The molecule has 0 amide bonds. The molecule has 0 atom stereocenters. The predicted molar refractivity (Wildman–Crippen MR) is 86.4 cm³/mol. The van der Waals surface area contributed by atoms with E-state index in [1.165, 1.54) is 18.3 Å². The number of fused-ring (bicyclic) bond motifs is 1. The molecule has 1 heterocycles. The standard InChI is InChI=1S/C16H16N4O2/c1-2-20-14-6-4-3-5-13(14)18-16(20)19-17-10-11-7-8-12(21)9-15(11)22/h3-10,21-22H,2H2,1H3,(H,18,19)/b17-10-. The summed E-state index contributed by atoms with van der Waals surface area (Å²) >= 11 is 0. The molecule has 0 saturated heterocycles. The fourth-order valence-electron chi connectivity index (χ4n) is 2.28. The second kappa shape index (κ2) is 5.77. The van der Waals surface area contributed by atoms with Crippen molar-refractivity contribution >= 4 is 23.2 Å². The van der Waals surface area contributed by atoms with Gasteiger partial charge in [0.2, 0.25) is 5.95 Å². The highest BCUT2D eigenvalue weighted by Crippen LogP contribution is 2.21. The molecule has 3 N–H and O–H groups in total. The number of phenols is 2. The van der Waals surface area contributed by atoms with E-state index in [9.17, 15) is 10.2 Å². The first-order chi connectivity index (χ1) is 10.7. The van der Waals surface area contributed by atoms with Gasteiger partial charge in [-0.05, 0) is 31.2 Å². The average Bonchev–Trinajstić information content (AvgIpc) is 2.87. The van der Waals surface area contributed by atoms with Gasteiger partial charge in [-0.15, -0.1) is 0 Å². The Labute approximate surface area is 127 Å². The molecule has 0 spiro atoms. The van der Waals surface area contributed by atoms with E-state index in [1.54, 1.807) is 6.07 Å². The number of aromatic hydroxyl groups is 2. The molecule has 22 heavy (non-hydrogen) atoms. The summed E-state index contributed by atoms with van der Waals surface area (Å²) in [7, 11) is 0. The lowest BCUT2D eigenvalue weighted by atomic mass is 10.2. The Morgan fingerprint density at radius 1 is 1.23 bits per heavy atom. The zero-order chi connectivity index (χ0) is 15.5. The predicted octanol–water partition coefficient (Wildman–Crippen LogP) is 2.91. The molecule has 0 bridgehead atoms. The zero-order valence-electron chi connectivity index (χ0n) is 12.1. The normalized spacial score (nSPS) is 11.3. The van der Waals surface area contributed by atoms with Gasteiger partial charge in [0.15, 0.2) is 0 Å². The number of imidazole rings is 1. The van der Waals surface area contributed by atoms with Crippen molar-refractivity contribution in [3.63, 3.8) is 0 Å². The molecule has 112 valence electrons. The van der Waals surface area contributed by atoms with E-state index in [4.69, 9.17) is 0 Å². The molecule has 6 nitrogen and oxygen atoms in total. The lowest BCUT2D eigenvalue weighted by Crippen LogP contribution is -2.01. The number of hydrazone groups is 1. The van der Waals surface area contributed by atoms with Gasteiger partial charge in [-0.1, -0.05) is 12.1 Å². The third-order valence-electron chi connectivity index (χ3n) is 3.35. The van der Waals surface area contributed by atoms with Crippen molar-refractivity contribution in [3.05, 3.63) is 48.0 Å². The lowest BCUT2D eigenvalue weighted by molar-refractivity contribution is 0.450. The van der Waals surface area contributed by atoms with E-state index >= 15 is 0 Å². The van der Waals surface area contributed by atoms with Gasteiger partial charge in [0, 0.05) is 18.2 Å². The molecular weight excluding hydrogens is 280 g/mol. The summed E-state index contributed by atoms with van der Waals surface area (Å²) in [6, 6.07) is 12.2. The summed E-state index contributed by atoms with van der Waals surface area (Å²) in [5.74, 6) is 0.614. The van der Waals surface area contributed by atoms with Crippen molar-refractivity contribution in [2.45, 2.75) is 13.5 Å². The van der Waals surface area contributed by atoms with Gasteiger partial charge in [-0.25, -0.2) is 10.4 Å². The van der Waals surface area contributed by atoms with Gasteiger partial charge < -0.3 is 14.8 Å². The van der Waals surface area contributed by atoms with Crippen molar-refractivity contribution in [1.29, 1.82) is 0 Å². The number of hydrogen-bond donors (Lipinski definition) is 3. The maximum Gasteiger partial charge on any atom is 0.224 e. The van der Waals surface area contributed by atoms with E-state index in [1.807, 2.05) is 35.8 Å². The Morgan fingerprint density at radius 2 is 2.05 bits per heavy atom. The van der Waals surface area contributed by atoms with Gasteiger partial charge >= 0.3 is 0 Å². The van der Waals surface area contributed by atoms with Crippen LogP contribution in [0.1, 0.15) is 12.5 Å². The maximum absolute atomic E-state index is 9.70. The average molecular weight is 296 g/mol. The summed E-state index contributed by atoms with van der Waals surface area (Å²) < 4.78 is 2.02. The first-order valence-corrected chi connectivity index (χ1v) is 6.95. The molecular formula is C16H16N4O2. The number of rotatable bonds is 4. The Kier molecular flexibility index (Phi) is 3.65. The topological polar surface area (TPSA) is 82.7 Å². The highest BCUT2D eigenvalue weighted by Gasteiger charge is 2.07. The van der Waals surface area contributed by atoms with Crippen LogP contribution in [0.5, 0.6) is 11.5 Å². The van der Waals surface area contributed by atoms with Crippen LogP contribution >= 0.6 is 0 Å². The number of aromatic nitrogens is 2. The highest BCUT2D eigenvalue weighted by molar-refractivity contribution is 5.84. The van der Waals surface area contributed by atoms with Gasteiger partial charge in [0.05, 0.1) is 17.2 Å². The number of nitrogens with zero attached hydrogens (tertiary/aromatic N) is 3. The number of anilines is 1. The first-order valence-electron chi connectivity index (χ1n) is 6.95. The molecule has 0 unspecified atom stereocenters. The van der Waals surface area contributed by atoms with Gasteiger partial charge in [0.25, 0.3) is 0 Å². The van der Waals surface area contributed by atoms with Crippen molar-refractivity contribution in [3.8, 4) is 11.5 Å².